The van der Waals surface area contributed by atoms with Crippen molar-refractivity contribution < 1.29 is 10.0 Å². The second kappa shape index (κ2) is 5.72. The molecule has 0 aliphatic heterocycles. The quantitative estimate of drug-likeness (QED) is 0.654. The zero-order valence-corrected chi connectivity index (χ0v) is 12.4. The van der Waals surface area contributed by atoms with Crippen LogP contribution in [0.3, 0.4) is 0 Å². The Balaban J connectivity index is 2.48. The average molecular weight is 295 g/mol. The number of anilines is 1. The van der Waals surface area contributed by atoms with E-state index in [9.17, 15) is 15.2 Å². The normalized spacial score (nSPS) is 12.8. The third-order valence-corrected chi connectivity index (χ3v) is 4.09. The molecule has 108 valence electrons. The van der Waals surface area contributed by atoms with E-state index in [1.807, 2.05) is 20.8 Å². The van der Waals surface area contributed by atoms with Crippen LogP contribution in [0, 0.1) is 23.0 Å². The highest BCUT2D eigenvalue weighted by Gasteiger charge is 2.21. The van der Waals surface area contributed by atoms with Crippen LogP contribution < -0.4 is 5.32 Å². The van der Waals surface area contributed by atoms with Crippen LogP contribution in [-0.2, 0) is 0 Å². The highest BCUT2D eigenvalue weighted by atomic mass is 32.1. The maximum absolute atomic E-state index is 11.2. The highest BCUT2D eigenvalue weighted by Crippen LogP contribution is 2.33. The number of aliphatic hydroxyl groups is 1. The predicted molar refractivity (Wildman–Crippen MR) is 80.3 cm³/mol. The molecule has 0 aliphatic rings. The van der Waals surface area contributed by atoms with E-state index in [-0.39, 0.29) is 24.3 Å². The molecule has 20 heavy (non-hydrogen) atoms. The van der Waals surface area contributed by atoms with Crippen molar-refractivity contribution in [2.24, 2.45) is 5.92 Å². The lowest BCUT2D eigenvalue weighted by Crippen LogP contribution is -2.29. The minimum atomic E-state index is -0.411. The van der Waals surface area contributed by atoms with Gasteiger partial charge in [-0.3, -0.25) is 10.1 Å². The Morgan fingerprint density at radius 2 is 2.20 bits per heavy atom. The van der Waals surface area contributed by atoms with Gasteiger partial charge in [-0.2, -0.15) is 0 Å². The summed E-state index contributed by atoms with van der Waals surface area (Å²) in [6.45, 7) is 5.69. The van der Waals surface area contributed by atoms with Gasteiger partial charge in [0, 0.05) is 6.07 Å². The van der Waals surface area contributed by atoms with Crippen LogP contribution in [0.4, 0.5) is 11.4 Å². The van der Waals surface area contributed by atoms with Gasteiger partial charge < -0.3 is 10.4 Å². The number of nitrogens with one attached hydrogen (secondary N) is 1. The smallest absolute Gasteiger partial charge is 0.293 e. The van der Waals surface area contributed by atoms with Gasteiger partial charge in [-0.05, 0) is 18.9 Å². The van der Waals surface area contributed by atoms with Crippen molar-refractivity contribution in [3.63, 3.8) is 0 Å². The van der Waals surface area contributed by atoms with E-state index < -0.39 is 4.92 Å². The van der Waals surface area contributed by atoms with Crippen molar-refractivity contribution in [1.82, 2.24) is 4.98 Å². The monoisotopic (exact) mass is 295 g/mol. The molecule has 2 N–H and O–H groups in total. The average Bonchev–Trinajstić information content (AvgIpc) is 2.73. The van der Waals surface area contributed by atoms with Gasteiger partial charge >= 0.3 is 0 Å². The van der Waals surface area contributed by atoms with Crippen LogP contribution in [0.1, 0.15) is 18.9 Å². The minimum absolute atomic E-state index is 0.0141. The van der Waals surface area contributed by atoms with E-state index in [4.69, 9.17) is 0 Å². The zero-order valence-electron chi connectivity index (χ0n) is 11.6. The summed E-state index contributed by atoms with van der Waals surface area (Å²) in [5.74, 6) is 0.160. The van der Waals surface area contributed by atoms with Gasteiger partial charge in [-0.25, -0.2) is 4.98 Å². The molecule has 1 unspecified atom stereocenters. The summed E-state index contributed by atoms with van der Waals surface area (Å²) >= 11 is 1.43. The van der Waals surface area contributed by atoms with Gasteiger partial charge in [0.05, 0.1) is 32.8 Å². The van der Waals surface area contributed by atoms with Gasteiger partial charge in [-0.15, -0.1) is 11.3 Å². The number of hydrogen-bond donors (Lipinski definition) is 2. The van der Waals surface area contributed by atoms with Crippen molar-refractivity contribution in [1.29, 1.82) is 0 Å². The Morgan fingerprint density at radius 1 is 1.50 bits per heavy atom. The van der Waals surface area contributed by atoms with Crippen LogP contribution in [0.15, 0.2) is 12.1 Å². The minimum Gasteiger partial charge on any atom is -0.394 e. The SMILES string of the molecule is Cc1nc2cc(NC(CO)C(C)C)c([N+](=O)[O-])cc2s1. The van der Waals surface area contributed by atoms with Crippen molar-refractivity contribution in [3.05, 3.63) is 27.3 Å². The first-order valence-electron chi connectivity index (χ1n) is 6.35. The van der Waals surface area contributed by atoms with Crippen LogP contribution in [-0.4, -0.2) is 27.7 Å². The van der Waals surface area contributed by atoms with Gasteiger partial charge in [0.25, 0.3) is 5.69 Å². The Bertz CT molecular complexity index is 639. The van der Waals surface area contributed by atoms with Crippen LogP contribution in [0.5, 0.6) is 0 Å². The Kier molecular flexibility index (Phi) is 4.20. The Morgan fingerprint density at radius 3 is 2.75 bits per heavy atom. The number of hydrogen-bond acceptors (Lipinski definition) is 6. The molecule has 1 heterocycles. The first-order chi connectivity index (χ1) is 9.42. The summed E-state index contributed by atoms with van der Waals surface area (Å²) in [5, 5.41) is 24.5. The standard InChI is InChI=1S/C13H17N3O3S/c1-7(2)11(6-17)15-9-4-10-13(20-8(3)14-10)5-12(9)16(18)19/h4-5,7,11,15,17H,6H2,1-3H3. The molecule has 0 saturated heterocycles. The molecule has 1 atom stereocenters. The summed E-state index contributed by atoms with van der Waals surface area (Å²) < 4.78 is 0.796. The van der Waals surface area contributed by atoms with E-state index >= 15 is 0 Å². The predicted octanol–water partition coefficient (Wildman–Crippen LogP) is 2.94. The first-order valence-corrected chi connectivity index (χ1v) is 7.17. The fourth-order valence-electron chi connectivity index (χ4n) is 1.97. The molecule has 2 aromatic rings. The lowest BCUT2D eigenvalue weighted by Gasteiger charge is -2.21. The summed E-state index contributed by atoms with van der Waals surface area (Å²) in [4.78, 5) is 15.1. The maximum Gasteiger partial charge on any atom is 0.293 e. The number of aliphatic hydroxyl groups excluding tert-OH is 1. The zero-order chi connectivity index (χ0) is 14.9. The van der Waals surface area contributed by atoms with Gasteiger partial charge in [0.1, 0.15) is 5.69 Å². The Hall–Kier alpha value is -1.73. The molecule has 0 bridgehead atoms. The molecule has 0 radical (unpaired) electrons. The number of rotatable bonds is 5. The van der Waals surface area contributed by atoms with Crippen LogP contribution in [0.2, 0.25) is 0 Å². The topological polar surface area (TPSA) is 88.3 Å². The number of thiazole rings is 1. The molecule has 1 aromatic heterocycles. The number of fused-ring (bicyclic) bond motifs is 1. The lowest BCUT2D eigenvalue weighted by atomic mass is 10.0. The van der Waals surface area contributed by atoms with Crippen molar-refractivity contribution >= 4 is 32.9 Å². The van der Waals surface area contributed by atoms with Gasteiger partial charge in [0.2, 0.25) is 0 Å². The number of aromatic nitrogens is 1. The lowest BCUT2D eigenvalue weighted by molar-refractivity contribution is -0.383. The molecule has 7 heteroatoms. The second-order valence-corrected chi connectivity index (χ2v) is 6.24. The molecule has 0 saturated carbocycles. The van der Waals surface area contributed by atoms with Crippen molar-refractivity contribution in [2.45, 2.75) is 26.8 Å². The van der Waals surface area contributed by atoms with E-state index in [0.717, 1.165) is 15.2 Å². The van der Waals surface area contributed by atoms with Crippen molar-refractivity contribution in [3.8, 4) is 0 Å². The summed E-state index contributed by atoms with van der Waals surface area (Å²) in [5.41, 5.74) is 1.15. The molecular weight excluding hydrogens is 278 g/mol. The number of benzene rings is 1. The van der Waals surface area contributed by atoms with E-state index in [1.165, 1.54) is 17.4 Å². The number of nitro benzene ring substituents is 1. The summed E-state index contributed by atoms with van der Waals surface area (Å²) in [6, 6.07) is 2.99. The number of nitro groups is 1. The third-order valence-electron chi connectivity index (χ3n) is 3.15. The van der Waals surface area contributed by atoms with E-state index in [2.05, 4.69) is 10.3 Å². The van der Waals surface area contributed by atoms with E-state index in [0.29, 0.717) is 5.69 Å². The molecule has 0 aliphatic carbocycles. The molecule has 0 spiro atoms. The number of nitrogens with zero attached hydrogens (tertiary/aromatic N) is 2. The third kappa shape index (κ3) is 2.88. The van der Waals surface area contributed by atoms with Crippen LogP contribution in [0.25, 0.3) is 10.2 Å². The molecule has 0 fully saturated rings. The van der Waals surface area contributed by atoms with E-state index in [1.54, 1.807) is 6.07 Å². The maximum atomic E-state index is 11.2. The molecule has 6 nitrogen and oxygen atoms in total. The van der Waals surface area contributed by atoms with Crippen molar-refractivity contribution in [2.75, 3.05) is 11.9 Å². The highest BCUT2D eigenvalue weighted by molar-refractivity contribution is 7.18. The molecule has 0 amide bonds. The summed E-state index contributed by atoms with van der Waals surface area (Å²) in [7, 11) is 0. The largest absolute Gasteiger partial charge is 0.394 e. The molecule has 1 aromatic carbocycles. The summed E-state index contributed by atoms with van der Waals surface area (Å²) in [6.07, 6.45) is 0. The molecular formula is C13H17N3O3S. The second-order valence-electron chi connectivity index (χ2n) is 5.00. The van der Waals surface area contributed by atoms with Crippen LogP contribution >= 0.6 is 11.3 Å². The van der Waals surface area contributed by atoms with Gasteiger partial charge in [0.15, 0.2) is 0 Å². The fourth-order valence-corrected chi connectivity index (χ4v) is 2.81. The fraction of sp³-hybridized carbons (Fsp3) is 0.462. The van der Waals surface area contributed by atoms with Gasteiger partial charge in [-0.1, -0.05) is 13.8 Å². The Labute approximate surface area is 120 Å². The number of aryl methyl sites for hydroxylation is 1. The first kappa shape index (κ1) is 14.7. The molecule has 2 rings (SSSR count).